The summed E-state index contributed by atoms with van der Waals surface area (Å²) in [5.41, 5.74) is 0.651. The highest BCUT2D eigenvalue weighted by Crippen LogP contribution is 2.42. The third kappa shape index (κ3) is 7.32. The average Bonchev–Trinajstić information content (AvgIpc) is 3.80. The van der Waals surface area contributed by atoms with Crippen molar-refractivity contribution in [2.24, 2.45) is 11.8 Å². The maximum atomic E-state index is 14.2. The van der Waals surface area contributed by atoms with Crippen molar-refractivity contribution in [2.45, 2.75) is 101 Å². The molecule has 46 heavy (non-hydrogen) atoms. The molecule has 5 rings (SSSR count). The molecule has 5 atom stereocenters. The molecule has 0 bridgehead atoms. The summed E-state index contributed by atoms with van der Waals surface area (Å²) in [4.78, 5) is 46.1. The van der Waals surface area contributed by atoms with Crippen LogP contribution in [0.2, 0.25) is 0 Å². The zero-order valence-electron chi connectivity index (χ0n) is 27.0. The second-order valence-electron chi connectivity index (χ2n) is 13.1. The standard InChI is InChI=1S/C36H47N3O7/c1-5-7-8-14-25-15-11-18-36(25,3)46-35(43)38-32(23-12-9-10-13-23)33(40)39-22-27(21-30(39)34(41)42)45-31-20-24-19-26(44-4)16-17-29(24)37-28(31)6-2/h5-6,16-17,19-20,23,25,27,30,32H,1-2,7-15,18,21-22H2,3-4H3,(H,38,43)(H,41,42)/t25-,27-,30+,32+,36+/m1/s1. The number of carbonyl (C=O) groups excluding carboxylic acids is 2. The number of carboxylic acid groups (broad SMARTS) is 1. The summed E-state index contributed by atoms with van der Waals surface area (Å²) in [5.74, 6) is -0.255. The minimum Gasteiger partial charge on any atom is -0.497 e. The number of nitrogens with one attached hydrogen (secondary N) is 1. The van der Waals surface area contributed by atoms with Gasteiger partial charge in [0.05, 0.1) is 19.2 Å². The van der Waals surface area contributed by atoms with Crippen LogP contribution in [0.25, 0.3) is 17.0 Å². The molecule has 1 aliphatic heterocycles. The van der Waals surface area contributed by atoms with Gasteiger partial charge in [-0.1, -0.05) is 25.5 Å². The van der Waals surface area contributed by atoms with Crippen LogP contribution < -0.4 is 14.8 Å². The molecule has 0 radical (unpaired) electrons. The molecule has 2 aromatic rings. The Kier molecular flexibility index (Phi) is 10.5. The lowest BCUT2D eigenvalue weighted by atomic mass is 9.88. The summed E-state index contributed by atoms with van der Waals surface area (Å²) in [6, 6.07) is 5.37. The molecule has 0 unspecified atom stereocenters. The first kappa shape index (κ1) is 33.3. The Morgan fingerprint density at radius 2 is 1.96 bits per heavy atom. The Morgan fingerprint density at radius 1 is 1.17 bits per heavy atom. The van der Waals surface area contributed by atoms with Crippen LogP contribution in [0.3, 0.4) is 0 Å². The van der Waals surface area contributed by atoms with Crippen molar-refractivity contribution < 1.29 is 33.7 Å². The van der Waals surface area contributed by atoms with Crippen molar-refractivity contribution in [3.63, 3.8) is 0 Å². The monoisotopic (exact) mass is 633 g/mol. The van der Waals surface area contributed by atoms with Crippen LogP contribution in [0.4, 0.5) is 4.79 Å². The Labute approximate surface area is 271 Å². The molecule has 2 aliphatic carbocycles. The minimum atomic E-state index is -1.11. The minimum absolute atomic E-state index is 0.0611. The highest BCUT2D eigenvalue weighted by atomic mass is 16.6. The van der Waals surface area contributed by atoms with Crippen molar-refractivity contribution >= 4 is 34.9 Å². The van der Waals surface area contributed by atoms with Crippen molar-refractivity contribution in [3.8, 4) is 11.5 Å². The van der Waals surface area contributed by atoms with Gasteiger partial charge in [-0.05, 0) is 100 Å². The van der Waals surface area contributed by atoms with E-state index in [1.165, 1.54) is 4.90 Å². The second-order valence-corrected chi connectivity index (χ2v) is 13.1. The SMILES string of the molecule is C=CCCC[C@@H]1CCC[C@]1(C)OC(=O)N[C@H](C(=O)N1C[C@H](Oc2cc3cc(OC)ccc3nc2C=C)C[C@H]1C(=O)O)C1CCCC1. The second kappa shape index (κ2) is 14.6. The molecule has 2 heterocycles. The van der Waals surface area contributed by atoms with E-state index in [9.17, 15) is 19.5 Å². The lowest BCUT2D eigenvalue weighted by Gasteiger charge is -2.34. The number of allylic oxidation sites excluding steroid dienone is 1. The van der Waals surface area contributed by atoms with E-state index in [2.05, 4.69) is 23.5 Å². The van der Waals surface area contributed by atoms with Gasteiger partial charge in [0.15, 0.2) is 0 Å². The van der Waals surface area contributed by atoms with E-state index in [-0.39, 0.29) is 24.8 Å². The van der Waals surface area contributed by atoms with Crippen LogP contribution in [0.5, 0.6) is 11.5 Å². The van der Waals surface area contributed by atoms with Crippen molar-refractivity contribution in [3.05, 3.63) is 49.2 Å². The summed E-state index contributed by atoms with van der Waals surface area (Å²) in [6.45, 7) is 9.73. The number of alkyl carbamates (subject to hydrolysis) is 1. The van der Waals surface area contributed by atoms with Crippen LogP contribution in [0.15, 0.2) is 43.5 Å². The average molecular weight is 634 g/mol. The number of carbonyl (C=O) groups is 3. The Balaban J connectivity index is 1.32. The number of pyridine rings is 1. The molecular formula is C36H47N3O7. The number of carboxylic acids is 1. The molecule has 2 amide bonds. The summed E-state index contributed by atoms with van der Waals surface area (Å²) in [5, 5.41) is 13.9. The lowest BCUT2D eigenvalue weighted by molar-refractivity contribution is -0.149. The fourth-order valence-corrected chi connectivity index (χ4v) is 7.58. The van der Waals surface area contributed by atoms with Gasteiger partial charge in [0.25, 0.3) is 0 Å². The van der Waals surface area contributed by atoms with Gasteiger partial charge in [0, 0.05) is 11.8 Å². The summed E-state index contributed by atoms with van der Waals surface area (Å²) < 4.78 is 17.8. The third-order valence-electron chi connectivity index (χ3n) is 10.1. The molecular weight excluding hydrogens is 586 g/mol. The molecule has 0 spiro atoms. The van der Waals surface area contributed by atoms with Crippen molar-refractivity contribution in [1.82, 2.24) is 15.2 Å². The normalized spacial score (nSPS) is 25.3. The fraction of sp³-hybridized carbons (Fsp3) is 0.556. The number of aromatic nitrogens is 1. The van der Waals surface area contributed by atoms with Gasteiger partial charge in [0.1, 0.15) is 41.0 Å². The smallest absolute Gasteiger partial charge is 0.408 e. The number of amides is 2. The first-order chi connectivity index (χ1) is 22.1. The van der Waals surface area contributed by atoms with Gasteiger partial charge in [-0.2, -0.15) is 0 Å². The largest absolute Gasteiger partial charge is 0.497 e. The topological polar surface area (TPSA) is 127 Å². The van der Waals surface area contributed by atoms with Crippen LogP contribution >= 0.6 is 0 Å². The van der Waals surface area contributed by atoms with Gasteiger partial charge in [-0.15, -0.1) is 6.58 Å². The number of benzene rings is 1. The molecule has 10 nitrogen and oxygen atoms in total. The molecule has 2 saturated carbocycles. The number of fused-ring (bicyclic) bond motifs is 1. The van der Waals surface area contributed by atoms with Crippen LogP contribution in [-0.2, 0) is 14.3 Å². The number of aliphatic carboxylic acids is 1. The first-order valence-electron chi connectivity index (χ1n) is 16.6. The van der Waals surface area contributed by atoms with Crippen LogP contribution in [0.1, 0.15) is 83.2 Å². The molecule has 3 fully saturated rings. The van der Waals surface area contributed by atoms with Crippen molar-refractivity contribution in [2.75, 3.05) is 13.7 Å². The number of unbranched alkanes of at least 4 members (excludes halogenated alkanes) is 1. The Morgan fingerprint density at radius 3 is 2.65 bits per heavy atom. The highest BCUT2D eigenvalue weighted by molar-refractivity contribution is 5.90. The molecule has 1 saturated heterocycles. The van der Waals surface area contributed by atoms with Gasteiger partial charge < -0.3 is 29.5 Å². The molecule has 3 aliphatic rings. The third-order valence-corrected chi connectivity index (χ3v) is 10.1. The number of nitrogens with zero attached hydrogens (tertiary/aromatic N) is 2. The zero-order chi connectivity index (χ0) is 32.8. The molecule has 1 aromatic carbocycles. The van der Waals surface area contributed by atoms with Gasteiger partial charge in [0.2, 0.25) is 5.91 Å². The lowest BCUT2D eigenvalue weighted by Crippen LogP contribution is -2.55. The van der Waals surface area contributed by atoms with Crippen molar-refractivity contribution in [1.29, 1.82) is 0 Å². The zero-order valence-corrected chi connectivity index (χ0v) is 27.0. The number of hydrogen-bond acceptors (Lipinski definition) is 7. The number of ether oxygens (including phenoxy) is 3. The van der Waals surface area contributed by atoms with Gasteiger partial charge >= 0.3 is 12.1 Å². The van der Waals surface area contributed by atoms with E-state index >= 15 is 0 Å². The van der Waals surface area contributed by atoms with Crippen LogP contribution in [0, 0.1) is 11.8 Å². The Bertz CT molecular complexity index is 1450. The van der Waals surface area contributed by atoms with Gasteiger partial charge in [-0.25, -0.2) is 14.6 Å². The van der Waals surface area contributed by atoms with E-state index in [0.717, 1.165) is 75.1 Å². The van der Waals surface area contributed by atoms with E-state index in [4.69, 9.17) is 14.2 Å². The predicted octanol–water partition coefficient (Wildman–Crippen LogP) is 6.52. The van der Waals surface area contributed by atoms with E-state index in [0.29, 0.717) is 17.2 Å². The van der Waals surface area contributed by atoms with Crippen LogP contribution in [-0.4, -0.2) is 70.4 Å². The number of rotatable bonds is 13. The van der Waals surface area contributed by atoms with E-state index < -0.39 is 41.8 Å². The maximum Gasteiger partial charge on any atom is 0.408 e. The summed E-state index contributed by atoms with van der Waals surface area (Å²) in [6.07, 6.45) is 11.4. The van der Waals surface area contributed by atoms with E-state index in [1.807, 2.05) is 37.3 Å². The van der Waals surface area contributed by atoms with Gasteiger partial charge in [-0.3, -0.25) is 4.79 Å². The fourth-order valence-electron chi connectivity index (χ4n) is 7.58. The summed E-state index contributed by atoms with van der Waals surface area (Å²) >= 11 is 0. The maximum absolute atomic E-state index is 14.2. The molecule has 248 valence electrons. The number of methoxy groups -OCH3 is 1. The molecule has 10 heteroatoms. The highest BCUT2D eigenvalue weighted by Gasteiger charge is 2.47. The molecule has 1 aromatic heterocycles. The quantitative estimate of drug-likeness (QED) is 0.189. The number of hydrogen-bond donors (Lipinski definition) is 2. The predicted molar refractivity (Wildman–Crippen MR) is 176 cm³/mol. The Hall–Kier alpha value is -4.08. The summed E-state index contributed by atoms with van der Waals surface area (Å²) in [7, 11) is 1.59. The van der Waals surface area contributed by atoms with E-state index in [1.54, 1.807) is 13.2 Å². The molecule has 2 N–H and O–H groups in total. The first-order valence-corrected chi connectivity index (χ1v) is 16.6. The number of likely N-dealkylation sites (tertiary alicyclic amines) is 1.